The third-order valence-electron chi connectivity index (χ3n) is 4.62. The van der Waals surface area contributed by atoms with Gasteiger partial charge in [-0.15, -0.1) is 17.9 Å². The molecule has 124 valence electrons. The number of aromatic nitrogens is 1. The van der Waals surface area contributed by atoms with Gasteiger partial charge in [-0.05, 0) is 0 Å². The summed E-state index contributed by atoms with van der Waals surface area (Å²) in [5.74, 6) is -1.45. The first-order valence-electron chi connectivity index (χ1n) is 7.48. The zero-order valence-corrected chi connectivity index (χ0v) is 13.8. The van der Waals surface area contributed by atoms with E-state index in [2.05, 4.69) is 16.9 Å². The summed E-state index contributed by atoms with van der Waals surface area (Å²) in [5.41, 5.74) is -0.114. The van der Waals surface area contributed by atoms with Crippen LogP contribution in [0.4, 0.5) is 5.13 Å². The molecule has 2 N–H and O–H groups in total. The van der Waals surface area contributed by atoms with Gasteiger partial charge < -0.3 is 15.3 Å². The molecule has 3 rings (SSSR count). The maximum atomic E-state index is 12.5. The van der Waals surface area contributed by atoms with E-state index in [-0.39, 0.29) is 12.5 Å². The number of carbonyl (C=O) groups excluding carboxylic acids is 1. The number of carbonyl (C=O) groups is 2. The monoisotopic (exact) mass is 336 g/mol. The van der Waals surface area contributed by atoms with Crippen LogP contribution in [0.3, 0.4) is 0 Å². The molecule has 0 bridgehead atoms. The number of carboxylic acids is 1. The van der Waals surface area contributed by atoms with Gasteiger partial charge in [0.05, 0.1) is 11.6 Å². The van der Waals surface area contributed by atoms with E-state index >= 15 is 0 Å². The predicted octanol–water partition coefficient (Wildman–Crippen LogP) is 0.716. The van der Waals surface area contributed by atoms with E-state index in [1.165, 1.54) is 11.3 Å². The molecule has 1 aromatic heterocycles. The zero-order chi connectivity index (χ0) is 16.6. The second-order valence-corrected chi connectivity index (χ2v) is 6.94. The fourth-order valence-electron chi connectivity index (χ4n) is 3.56. The lowest BCUT2D eigenvalue weighted by Gasteiger charge is -2.24. The topological polar surface area (TPSA) is 85.8 Å². The van der Waals surface area contributed by atoms with E-state index < -0.39 is 17.3 Å². The van der Waals surface area contributed by atoms with Crippen LogP contribution in [-0.2, 0) is 16.1 Å². The summed E-state index contributed by atoms with van der Waals surface area (Å²) in [6.45, 7) is 5.70. The Morgan fingerprint density at radius 2 is 2.43 bits per heavy atom. The van der Waals surface area contributed by atoms with Gasteiger partial charge in [-0.1, -0.05) is 6.08 Å². The standard InChI is InChI=1S/C15H20N4O3S/c1-3-4-19-9-15(13(21)22)8-18(6-11(15)12(19)20)5-10-7-23-14(16-2)17-10/h3,7,11H,1,4-6,8-9H2,2H3,(H,16,17)(H,21,22)/t11-,15-/m1/s1. The van der Waals surface area contributed by atoms with Crippen molar-refractivity contribution in [3.63, 3.8) is 0 Å². The fourth-order valence-corrected chi connectivity index (χ4v) is 4.22. The molecular weight excluding hydrogens is 316 g/mol. The van der Waals surface area contributed by atoms with Crippen molar-refractivity contribution >= 4 is 28.3 Å². The van der Waals surface area contributed by atoms with Gasteiger partial charge in [-0.3, -0.25) is 14.5 Å². The van der Waals surface area contributed by atoms with Crippen LogP contribution in [0.15, 0.2) is 18.0 Å². The number of hydrogen-bond acceptors (Lipinski definition) is 6. The second-order valence-electron chi connectivity index (χ2n) is 6.08. The lowest BCUT2D eigenvalue weighted by molar-refractivity contribution is -0.149. The number of likely N-dealkylation sites (tertiary alicyclic amines) is 2. The van der Waals surface area contributed by atoms with E-state index in [1.807, 2.05) is 17.3 Å². The van der Waals surface area contributed by atoms with Crippen LogP contribution < -0.4 is 5.32 Å². The second kappa shape index (κ2) is 5.93. The molecule has 2 fully saturated rings. The lowest BCUT2D eigenvalue weighted by Crippen LogP contribution is -2.40. The number of amides is 1. The van der Waals surface area contributed by atoms with Gasteiger partial charge in [0.2, 0.25) is 5.91 Å². The lowest BCUT2D eigenvalue weighted by atomic mass is 9.81. The maximum absolute atomic E-state index is 12.5. The van der Waals surface area contributed by atoms with E-state index in [0.29, 0.717) is 26.2 Å². The van der Waals surface area contributed by atoms with Crippen LogP contribution in [0.2, 0.25) is 0 Å². The minimum absolute atomic E-state index is 0.0796. The summed E-state index contributed by atoms with van der Waals surface area (Å²) in [5, 5.41) is 15.5. The van der Waals surface area contributed by atoms with Gasteiger partial charge >= 0.3 is 5.97 Å². The number of hydrogen-bond donors (Lipinski definition) is 2. The SMILES string of the molecule is C=CCN1C[C@]2(C(=O)O)CN(Cc3csc(NC)n3)C[C@@H]2C1=O. The molecule has 3 heterocycles. The first-order valence-corrected chi connectivity index (χ1v) is 8.35. The number of thiazole rings is 1. The molecule has 23 heavy (non-hydrogen) atoms. The van der Waals surface area contributed by atoms with Gasteiger partial charge in [0, 0.05) is 45.2 Å². The van der Waals surface area contributed by atoms with Crippen molar-refractivity contribution in [2.24, 2.45) is 11.3 Å². The van der Waals surface area contributed by atoms with E-state index in [9.17, 15) is 14.7 Å². The Labute approximate surface area is 138 Å². The molecular formula is C15H20N4O3S. The summed E-state index contributed by atoms with van der Waals surface area (Å²) in [7, 11) is 1.81. The van der Waals surface area contributed by atoms with Crippen molar-refractivity contribution in [1.82, 2.24) is 14.8 Å². The summed E-state index contributed by atoms with van der Waals surface area (Å²) in [4.78, 5) is 32.4. The molecule has 1 amide bonds. The summed E-state index contributed by atoms with van der Waals surface area (Å²) in [6.07, 6.45) is 1.64. The van der Waals surface area contributed by atoms with Gasteiger partial charge in [0.25, 0.3) is 0 Å². The number of aliphatic carboxylic acids is 1. The third-order valence-corrected chi connectivity index (χ3v) is 5.53. The highest BCUT2D eigenvalue weighted by atomic mass is 32.1. The Kier molecular flexibility index (Phi) is 4.11. The number of anilines is 1. The van der Waals surface area contributed by atoms with Crippen molar-refractivity contribution in [1.29, 1.82) is 0 Å². The highest BCUT2D eigenvalue weighted by molar-refractivity contribution is 7.13. The quantitative estimate of drug-likeness (QED) is 0.745. The van der Waals surface area contributed by atoms with Crippen molar-refractivity contribution in [3.8, 4) is 0 Å². The Bertz CT molecular complexity index is 646. The zero-order valence-electron chi connectivity index (χ0n) is 13.0. The molecule has 0 aliphatic carbocycles. The van der Waals surface area contributed by atoms with Crippen molar-refractivity contribution in [2.45, 2.75) is 6.54 Å². The van der Waals surface area contributed by atoms with Gasteiger partial charge in [0.1, 0.15) is 5.41 Å². The van der Waals surface area contributed by atoms with Crippen LogP contribution in [0.1, 0.15) is 5.69 Å². The van der Waals surface area contributed by atoms with Crippen LogP contribution >= 0.6 is 11.3 Å². The number of nitrogens with zero attached hydrogens (tertiary/aromatic N) is 3. The molecule has 0 aromatic carbocycles. The Morgan fingerprint density at radius 3 is 3.00 bits per heavy atom. The molecule has 8 heteroatoms. The van der Waals surface area contributed by atoms with Crippen molar-refractivity contribution in [3.05, 3.63) is 23.7 Å². The maximum Gasteiger partial charge on any atom is 0.313 e. The smallest absolute Gasteiger partial charge is 0.313 e. The van der Waals surface area contributed by atoms with E-state index in [4.69, 9.17) is 0 Å². The van der Waals surface area contributed by atoms with Crippen LogP contribution in [0.5, 0.6) is 0 Å². The number of carboxylic acid groups (broad SMARTS) is 1. The number of rotatable bonds is 6. The van der Waals surface area contributed by atoms with Crippen molar-refractivity contribution < 1.29 is 14.7 Å². The predicted molar refractivity (Wildman–Crippen MR) is 87.3 cm³/mol. The molecule has 0 saturated carbocycles. The highest BCUT2D eigenvalue weighted by Crippen LogP contribution is 2.44. The largest absolute Gasteiger partial charge is 0.481 e. The average molecular weight is 336 g/mol. The Hall–Kier alpha value is -1.93. The summed E-state index contributed by atoms with van der Waals surface area (Å²) in [6, 6.07) is 0. The van der Waals surface area contributed by atoms with Gasteiger partial charge in [0.15, 0.2) is 5.13 Å². The Morgan fingerprint density at radius 1 is 1.65 bits per heavy atom. The van der Waals surface area contributed by atoms with Gasteiger partial charge in [-0.2, -0.15) is 0 Å². The molecule has 0 spiro atoms. The van der Waals surface area contributed by atoms with E-state index in [1.54, 1.807) is 11.0 Å². The third kappa shape index (κ3) is 2.61. The van der Waals surface area contributed by atoms with Gasteiger partial charge in [-0.25, -0.2) is 4.98 Å². The molecule has 2 saturated heterocycles. The molecule has 0 unspecified atom stereocenters. The molecule has 2 aliphatic heterocycles. The summed E-state index contributed by atoms with van der Waals surface area (Å²) >= 11 is 1.52. The highest BCUT2D eigenvalue weighted by Gasteiger charge is 2.61. The van der Waals surface area contributed by atoms with E-state index in [0.717, 1.165) is 10.8 Å². The Balaban J connectivity index is 1.76. The number of nitrogens with one attached hydrogen (secondary N) is 1. The first kappa shape index (κ1) is 15.9. The minimum atomic E-state index is -1.01. The normalized spacial score (nSPS) is 27.3. The molecule has 1 aromatic rings. The molecule has 0 radical (unpaired) electrons. The fraction of sp³-hybridized carbons (Fsp3) is 0.533. The van der Waals surface area contributed by atoms with Crippen LogP contribution in [0.25, 0.3) is 0 Å². The average Bonchev–Trinajstić information content (AvgIpc) is 3.17. The minimum Gasteiger partial charge on any atom is -0.481 e. The molecule has 2 atom stereocenters. The van der Waals surface area contributed by atoms with Crippen LogP contribution in [0, 0.1) is 11.3 Å². The molecule has 7 nitrogen and oxygen atoms in total. The van der Waals surface area contributed by atoms with Crippen molar-refractivity contribution in [2.75, 3.05) is 38.5 Å². The summed E-state index contributed by atoms with van der Waals surface area (Å²) < 4.78 is 0. The first-order chi connectivity index (χ1) is 11.0. The molecule has 2 aliphatic rings. The van der Waals surface area contributed by atoms with Crippen LogP contribution in [-0.4, -0.2) is 65.0 Å². The number of fused-ring (bicyclic) bond motifs is 1.